The van der Waals surface area contributed by atoms with Gasteiger partial charge in [0.1, 0.15) is 5.69 Å². The van der Waals surface area contributed by atoms with Crippen molar-refractivity contribution in [3.05, 3.63) is 82.4 Å². The molecule has 0 radical (unpaired) electrons. The first-order valence-electron chi connectivity index (χ1n) is 8.27. The number of hydrogen-bond donors (Lipinski definition) is 2. The van der Waals surface area contributed by atoms with Gasteiger partial charge in [0.05, 0.1) is 5.69 Å². The van der Waals surface area contributed by atoms with Crippen LogP contribution >= 0.6 is 0 Å². The summed E-state index contributed by atoms with van der Waals surface area (Å²) in [6.45, 7) is 1.98. The first kappa shape index (κ1) is 16.0. The molecule has 0 fully saturated rings. The van der Waals surface area contributed by atoms with E-state index >= 15 is 0 Å². The third kappa shape index (κ3) is 2.82. The third-order valence-corrected chi connectivity index (χ3v) is 4.40. The van der Waals surface area contributed by atoms with Gasteiger partial charge < -0.3 is 9.88 Å². The molecular formula is C20H18N4O2. The van der Waals surface area contributed by atoms with E-state index in [-0.39, 0.29) is 17.2 Å². The monoisotopic (exact) mass is 346 g/mol. The van der Waals surface area contributed by atoms with Crippen LogP contribution in [-0.4, -0.2) is 20.3 Å². The van der Waals surface area contributed by atoms with E-state index in [0.29, 0.717) is 11.4 Å². The van der Waals surface area contributed by atoms with Gasteiger partial charge in [0.2, 0.25) is 0 Å². The molecule has 0 unspecified atom stereocenters. The minimum atomic E-state index is -0.360. The minimum absolute atomic E-state index is 0.211. The van der Waals surface area contributed by atoms with Crippen LogP contribution in [0.25, 0.3) is 16.6 Å². The molecule has 0 spiro atoms. The van der Waals surface area contributed by atoms with Gasteiger partial charge in [-0.2, -0.15) is 0 Å². The normalized spacial score (nSPS) is 11.0. The summed E-state index contributed by atoms with van der Waals surface area (Å²) in [5.41, 5.74) is 3.41. The standard InChI is InChI=1S/C20H18N4O2/c1-13-3-7-16(8-4-13)24-19(25)12-17(22-24)20(26)21-15-6-5-14-9-10-23(2)18(14)11-15/h3-12,22H,1-2H3,(H,21,26). The molecule has 2 N–H and O–H groups in total. The van der Waals surface area contributed by atoms with Crippen molar-refractivity contribution in [1.82, 2.24) is 14.3 Å². The molecule has 6 heteroatoms. The number of aromatic nitrogens is 3. The second kappa shape index (κ2) is 6.07. The zero-order valence-corrected chi connectivity index (χ0v) is 14.5. The smallest absolute Gasteiger partial charge is 0.273 e. The molecule has 2 heterocycles. The Balaban J connectivity index is 1.61. The van der Waals surface area contributed by atoms with Crippen LogP contribution in [0.15, 0.2) is 65.6 Å². The predicted octanol–water partition coefficient (Wildman–Crippen LogP) is 3.22. The summed E-state index contributed by atoms with van der Waals surface area (Å²) in [6.07, 6.45) is 1.97. The Morgan fingerprint density at radius 1 is 1.04 bits per heavy atom. The van der Waals surface area contributed by atoms with Crippen molar-refractivity contribution in [2.24, 2.45) is 7.05 Å². The molecule has 0 saturated heterocycles. The van der Waals surface area contributed by atoms with Crippen LogP contribution in [0, 0.1) is 6.92 Å². The van der Waals surface area contributed by atoms with Crippen molar-refractivity contribution >= 4 is 22.5 Å². The summed E-state index contributed by atoms with van der Waals surface area (Å²) in [7, 11) is 1.95. The van der Waals surface area contributed by atoms with E-state index in [2.05, 4.69) is 10.4 Å². The molecule has 130 valence electrons. The number of carbonyl (C=O) groups is 1. The number of benzene rings is 2. The zero-order chi connectivity index (χ0) is 18.3. The number of carbonyl (C=O) groups excluding carboxylic acids is 1. The average Bonchev–Trinajstić information content (AvgIpc) is 3.19. The van der Waals surface area contributed by atoms with E-state index in [1.54, 1.807) is 0 Å². The molecule has 4 aromatic rings. The second-order valence-corrected chi connectivity index (χ2v) is 6.33. The lowest BCUT2D eigenvalue weighted by molar-refractivity contribution is 0.102. The van der Waals surface area contributed by atoms with Gasteiger partial charge in [-0.05, 0) is 42.6 Å². The van der Waals surface area contributed by atoms with Gasteiger partial charge in [0.25, 0.3) is 11.5 Å². The lowest BCUT2D eigenvalue weighted by Gasteiger charge is -2.06. The van der Waals surface area contributed by atoms with Crippen LogP contribution in [0.2, 0.25) is 0 Å². The first-order valence-corrected chi connectivity index (χ1v) is 8.27. The number of rotatable bonds is 3. The highest BCUT2D eigenvalue weighted by atomic mass is 16.2. The van der Waals surface area contributed by atoms with Crippen molar-refractivity contribution < 1.29 is 4.79 Å². The SMILES string of the molecule is Cc1ccc(-n2[nH]c(C(=O)Nc3ccc4ccn(C)c4c3)cc2=O)cc1. The fourth-order valence-corrected chi connectivity index (χ4v) is 2.94. The minimum Gasteiger partial charge on any atom is -0.350 e. The van der Waals surface area contributed by atoms with Crippen molar-refractivity contribution in [2.45, 2.75) is 6.92 Å². The molecule has 2 aromatic heterocycles. The van der Waals surface area contributed by atoms with Gasteiger partial charge in [-0.3, -0.25) is 14.7 Å². The van der Waals surface area contributed by atoms with Crippen molar-refractivity contribution in [2.75, 3.05) is 5.32 Å². The lowest BCUT2D eigenvalue weighted by Crippen LogP contribution is -2.14. The molecule has 1 amide bonds. The number of fused-ring (bicyclic) bond motifs is 1. The Hall–Kier alpha value is -3.54. The fourth-order valence-electron chi connectivity index (χ4n) is 2.94. The van der Waals surface area contributed by atoms with Crippen LogP contribution in [0.3, 0.4) is 0 Å². The van der Waals surface area contributed by atoms with Crippen LogP contribution < -0.4 is 10.9 Å². The van der Waals surface area contributed by atoms with Gasteiger partial charge in [-0.1, -0.05) is 23.8 Å². The van der Waals surface area contributed by atoms with E-state index in [1.165, 1.54) is 10.7 Å². The van der Waals surface area contributed by atoms with Gasteiger partial charge in [0, 0.05) is 30.5 Å². The molecule has 0 saturated carbocycles. The molecule has 4 rings (SSSR count). The number of H-pyrrole nitrogens is 1. The average molecular weight is 346 g/mol. The Morgan fingerprint density at radius 3 is 2.58 bits per heavy atom. The Labute approximate surface area is 149 Å². The summed E-state index contributed by atoms with van der Waals surface area (Å²) in [4.78, 5) is 24.7. The Bertz CT molecular complexity index is 1160. The van der Waals surface area contributed by atoms with Gasteiger partial charge >= 0.3 is 0 Å². The number of aromatic amines is 1. The van der Waals surface area contributed by atoms with Crippen molar-refractivity contribution in [3.8, 4) is 5.69 Å². The highest BCUT2D eigenvalue weighted by Gasteiger charge is 2.13. The first-order chi connectivity index (χ1) is 12.5. The lowest BCUT2D eigenvalue weighted by atomic mass is 10.2. The molecule has 0 aliphatic heterocycles. The molecule has 6 nitrogen and oxygen atoms in total. The highest BCUT2D eigenvalue weighted by Crippen LogP contribution is 2.20. The Kier molecular flexibility index (Phi) is 3.73. The van der Waals surface area contributed by atoms with Crippen LogP contribution in [0.5, 0.6) is 0 Å². The molecule has 0 aliphatic carbocycles. The maximum Gasteiger partial charge on any atom is 0.273 e. The number of anilines is 1. The number of nitrogens with zero attached hydrogens (tertiary/aromatic N) is 2. The fraction of sp³-hybridized carbons (Fsp3) is 0.100. The van der Waals surface area contributed by atoms with Gasteiger partial charge in [-0.25, -0.2) is 4.68 Å². The number of aryl methyl sites for hydroxylation is 2. The molecule has 26 heavy (non-hydrogen) atoms. The second-order valence-electron chi connectivity index (χ2n) is 6.33. The third-order valence-electron chi connectivity index (χ3n) is 4.40. The summed E-state index contributed by atoms with van der Waals surface area (Å²) in [5.74, 6) is -0.360. The van der Waals surface area contributed by atoms with Crippen LogP contribution in [-0.2, 0) is 7.05 Å². The van der Waals surface area contributed by atoms with E-state index in [9.17, 15) is 9.59 Å². The largest absolute Gasteiger partial charge is 0.350 e. The van der Waals surface area contributed by atoms with Crippen molar-refractivity contribution in [1.29, 1.82) is 0 Å². The van der Waals surface area contributed by atoms with E-state index in [0.717, 1.165) is 16.5 Å². The maximum atomic E-state index is 12.5. The van der Waals surface area contributed by atoms with E-state index in [1.807, 2.05) is 73.3 Å². The molecular weight excluding hydrogens is 328 g/mol. The zero-order valence-electron chi connectivity index (χ0n) is 14.5. The summed E-state index contributed by atoms with van der Waals surface area (Å²) in [5, 5.41) is 6.80. The predicted molar refractivity (Wildman–Crippen MR) is 102 cm³/mol. The van der Waals surface area contributed by atoms with Crippen molar-refractivity contribution in [3.63, 3.8) is 0 Å². The van der Waals surface area contributed by atoms with Gasteiger partial charge in [-0.15, -0.1) is 0 Å². The molecule has 0 atom stereocenters. The van der Waals surface area contributed by atoms with E-state index in [4.69, 9.17) is 0 Å². The van der Waals surface area contributed by atoms with E-state index < -0.39 is 0 Å². The maximum absolute atomic E-state index is 12.5. The molecule has 0 aliphatic rings. The highest BCUT2D eigenvalue weighted by molar-refractivity contribution is 6.03. The number of nitrogens with one attached hydrogen (secondary N) is 2. The topological polar surface area (TPSA) is 71.8 Å². The number of amides is 1. The summed E-state index contributed by atoms with van der Waals surface area (Å²) >= 11 is 0. The molecule has 0 bridgehead atoms. The quantitative estimate of drug-likeness (QED) is 0.598. The summed E-state index contributed by atoms with van der Waals surface area (Å²) in [6, 6.07) is 16.5. The Morgan fingerprint density at radius 2 is 1.81 bits per heavy atom. The molecule has 2 aromatic carbocycles. The number of hydrogen-bond acceptors (Lipinski definition) is 2. The van der Waals surface area contributed by atoms with Gasteiger partial charge in [0.15, 0.2) is 0 Å². The summed E-state index contributed by atoms with van der Waals surface area (Å²) < 4.78 is 3.34. The van der Waals surface area contributed by atoms with Crippen LogP contribution in [0.1, 0.15) is 16.1 Å². The van der Waals surface area contributed by atoms with Crippen LogP contribution in [0.4, 0.5) is 5.69 Å².